The number of furan rings is 1. The summed E-state index contributed by atoms with van der Waals surface area (Å²) >= 11 is 3.39. The number of fused-ring (bicyclic) bond motifs is 1. The number of amides is 1. The van der Waals surface area contributed by atoms with Crippen LogP contribution in [0.15, 0.2) is 86.8 Å². The topological polar surface area (TPSA) is 101 Å². The van der Waals surface area contributed by atoms with Gasteiger partial charge in [0.05, 0.1) is 11.8 Å². The second kappa shape index (κ2) is 9.49. The minimum atomic E-state index is -0.975. The Morgan fingerprint density at radius 3 is 2.62 bits per heavy atom. The molecule has 2 N–H and O–H groups in total. The molecule has 0 aliphatic carbocycles. The van der Waals surface area contributed by atoms with Gasteiger partial charge in [-0.15, -0.1) is 0 Å². The van der Waals surface area contributed by atoms with Crippen molar-refractivity contribution in [1.29, 1.82) is 0 Å². The van der Waals surface area contributed by atoms with Crippen molar-refractivity contribution in [2.75, 3.05) is 0 Å². The van der Waals surface area contributed by atoms with E-state index in [4.69, 9.17) is 14.3 Å². The number of nitrogens with zero attached hydrogens (tertiary/aromatic N) is 1. The van der Waals surface area contributed by atoms with Crippen LogP contribution in [0, 0.1) is 0 Å². The highest BCUT2D eigenvalue weighted by Crippen LogP contribution is 2.23. The van der Waals surface area contributed by atoms with Crippen molar-refractivity contribution in [3.63, 3.8) is 0 Å². The highest BCUT2D eigenvalue weighted by molar-refractivity contribution is 9.10. The third kappa shape index (κ3) is 5.04. The molecule has 32 heavy (non-hydrogen) atoms. The van der Waals surface area contributed by atoms with E-state index in [0.29, 0.717) is 16.9 Å². The fourth-order valence-electron chi connectivity index (χ4n) is 2.96. The molecule has 0 aliphatic heterocycles. The van der Waals surface area contributed by atoms with E-state index in [2.05, 4.69) is 26.5 Å². The number of halogens is 1. The van der Waals surface area contributed by atoms with E-state index in [-0.39, 0.29) is 17.9 Å². The first kappa shape index (κ1) is 21.3. The van der Waals surface area contributed by atoms with Crippen LogP contribution in [0.3, 0.4) is 0 Å². The Balaban J connectivity index is 1.40. The molecule has 0 spiro atoms. The number of carboxylic acid groups (broad SMARTS) is 1. The molecule has 0 saturated carbocycles. The van der Waals surface area contributed by atoms with E-state index >= 15 is 0 Å². The van der Waals surface area contributed by atoms with E-state index in [1.54, 1.807) is 36.4 Å². The zero-order chi connectivity index (χ0) is 22.5. The lowest BCUT2D eigenvalue weighted by Crippen LogP contribution is -2.16. The summed E-state index contributed by atoms with van der Waals surface area (Å²) in [5.41, 5.74) is 4.78. The van der Waals surface area contributed by atoms with Crippen LogP contribution in [0.4, 0.5) is 0 Å². The van der Waals surface area contributed by atoms with Crippen LogP contribution >= 0.6 is 15.9 Å². The molecule has 4 aromatic rings. The molecule has 0 atom stereocenters. The number of hydrogen-bond acceptors (Lipinski definition) is 5. The third-order valence-electron chi connectivity index (χ3n) is 4.59. The second-order valence-electron chi connectivity index (χ2n) is 6.82. The van der Waals surface area contributed by atoms with Crippen LogP contribution in [0.2, 0.25) is 0 Å². The van der Waals surface area contributed by atoms with Crippen molar-refractivity contribution in [2.24, 2.45) is 5.10 Å². The Morgan fingerprint density at radius 1 is 1.06 bits per heavy atom. The molecule has 0 unspecified atom stereocenters. The van der Waals surface area contributed by atoms with E-state index < -0.39 is 11.9 Å². The molecule has 8 heteroatoms. The van der Waals surface area contributed by atoms with Crippen molar-refractivity contribution < 1.29 is 23.8 Å². The molecule has 160 valence electrons. The van der Waals surface area contributed by atoms with Crippen molar-refractivity contribution in [3.8, 4) is 5.75 Å². The first-order chi connectivity index (χ1) is 15.5. The summed E-state index contributed by atoms with van der Waals surface area (Å²) in [6.07, 6.45) is 1.49. The molecule has 3 aromatic carbocycles. The first-order valence-electron chi connectivity index (χ1n) is 9.56. The maximum Gasteiger partial charge on any atom is 0.335 e. The van der Waals surface area contributed by atoms with Crippen LogP contribution < -0.4 is 10.2 Å². The predicted octanol–water partition coefficient (Wildman–Crippen LogP) is 5.24. The smallest absolute Gasteiger partial charge is 0.335 e. The second-order valence-corrected chi connectivity index (χ2v) is 7.74. The number of nitrogens with one attached hydrogen (secondary N) is 1. The summed E-state index contributed by atoms with van der Waals surface area (Å²) in [4.78, 5) is 23.3. The molecule has 1 heterocycles. The molecule has 0 aliphatic rings. The Bertz CT molecular complexity index is 1310. The highest BCUT2D eigenvalue weighted by Gasteiger charge is 2.12. The number of carbonyl (C=O) groups excluding carboxylic acids is 1. The van der Waals surface area contributed by atoms with Gasteiger partial charge in [0.25, 0.3) is 0 Å². The van der Waals surface area contributed by atoms with E-state index in [1.165, 1.54) is 18.3 Å². The van der Waals surface area contributed by atoms with Crippen LogP contribution in [-0.4, -0.2) is 23.2 Å². The SMILES string of the molecule is O=C(O)c1ccc(COc2ccccc2/C=N/NC(=O)c2cc3cc(Br)ccc3o2)cc1. The van der Waals surface area contributed by atoms with Gasteiger partial charge in [0.1, 0.15) is 17.9 Å². The van der Waals surface area contributed by atoms with Gasteiger partial charge in [0.15, 0.2) is 5.76 Å². The van der Waals surface area contributed by atoms with Crippen LogP contribution in [-0.2, 0) is 6.61 Å². The van der Waals surface area contributed by atoms with Crippen LogP contribution in [0.5, 0.6) is 5.75 Å². The molecule has 1 aromatic heterocycles. The van der Waals surface area contributed by atoms with Gasteiger partial charge in [0.2, 0.25) is 0 Å². The van der Waals surface area contributed by atoms with Gasteiger partial charge in [-0.3, -0.25) is 4.79 Å². The number of benzene rings is 3. The lowest BCUT2D eigenvalue weighted by atomic mass is 10.1. The van der Waals surface area contributed by atoms with Crippen molar-refractivity contribution in [3.05, 3.63) is 99.7 Å². The summed E-state index contributed by atoms with van der Waals surface area (Å²) < 4.78 is 12.3. The highest BCUT2D eigenvalue weighted by atomic mass is 79.9. The molecule has 1 amide bonds. The lowest BCUT2D eigenvalue weighted by Gasteiger charge is -2.09. The van der Waals surface area contributed by atoms with Gasteiger partial charge < -0.3 is 14.3 Å². The van der Waals surface area contributed by atoms with E-state index in [0.717, 1.165) is 15.4 Å². The molecule has 0 bridgehead atoms. The standard InChI is InChI=1S/C24H17BrN2O5/c25-19-9-10-21-18(11-19)12-22(32-21)23(28)27-26-13-17-3-1-2-4-20(17)31-14-15-5-7-16(8-6-15)24(29)30/h1-13H,14H2,(H,27,28)(H,29,30)/b26-13+. The lowest BCUT2D eigenvalue weighted by molar-refractivity contribution is 0.0696. The minimum absolute atomic E-state index is 0.157. The summed E-state index contributed by atoms with van der Waals surface area (Å²) in [5.74, 6) is -0.715. The average Bonchev–Trinajstić information content (AvgIpc) is 3.22. The number of ether oxygens (including phenoxy) is 1. The first-order valence-corrected chi connectivity index (χ1v) is 10.4. The molecule has 4 rings (SSSR count). The Hall–Kier alpha value is -3.91. The van der Waals surface area contributed by atoms with Crippen molar-refractivity contribution >= 4 is 45.0 Å². The molecular formula is C24H17BrN2O5. The van der Waals surface area contributed by atoms with Crippen molar-refractivity contribution in [2.45, 2.75) is 6.61 Å². The molecule has 0 saturated heterocycles. The van der Waals surface area contributed by atoms with Gasteiger partial charge in [-0.1, -0.05) is 40.2 Å². The fourth-order valence-corrected chi connectivity index (χ4v) is 3.34. The maximum atomic E-state index is 12.4. The zero-order valence-corrected chi connectivity index (χ0v) is 18.2. The number of hydrazone groups is 1. The number of aromatic carboxylic acids is 1. The predicted molar refractivity (Wildman–Crippen MR) is 123 cm³/mol. The molecule has 7 nitrogen and oxygen atoms in total. The summed E-state index contributed by atoms with van der Waals surface area (Å²) in [7, 11) is 0. The summed E-state index contributed by atoms with van der Waals surface area (Å²) in [5, 5.41) is 13.8. The number of carboxylic acids is 1. The van der Waals surface area contributed by atoms with Gasteiger partial charge >= 0.3 is 11.9 Å². The Labute approximate surface area is 191 Å². The zero-order valence-electron chi connectivity index (χ0n) is 16.6. The van der Waals surface area contributed by atoms with E-state index in [9.17, 15) is 9.59 Å². The largest absolute Gasteiger partial charge is 0.488 e. The number of rotatable bonds is 7. The normalized spacial score (nSPS) is 11.0. The fraction of sp³-hybridized carbons (Fsp3) is 0.0417. The van der Waals surface area contributed by atoms with Gasteiger partial charge in [0, 0.05) is 15.4 Å². The minimum Gasteiger partial charge on any atom is -0.488 e. The number of para-hydroxylation sites is 1. The maximum absolute atomic E-state index is 12.4. The van der Waals surface area contributed by atoms with E-state index in [1.807, 2.05) is 24.3 Å². The summed E-state index contributed by atoms with van der Waals surface area (Å²) in [6, 6.07) is 20.8. The molecule has 0 fully saturated rings. The van der Waals surface area contributed by atoms with Gasteiger partial charge in [-0.25, -0.2) is 10.2 Å². The van der Waals surface area contributed by atoms with Crippen LogP contribution in [0.25, 0.3) is 11.0 Å². The molecular weight excluding hydrogens is 476 g/mol. The number of hydrogen-bond donors (Lipinski definition) is 2. The average molecular weight is 493 g/mol. The monoisotopic (exact) mass is 492 g/mol. The number of carbonyl (C=O) groups is 2. The van der Waals surface area contributed by atoms with Crippen LogP contribution in [0.1, 0.15) is 32.0 Å². The van der Waals surface area contributed by atoms with Crippen molar-refractivity contribution in [1.82, 2.24) is 5.43 Å². The Morgan fingerprint density at radius 2 is 1.84 bits per heavy atom. The molecule has 0 radical (unpaired) electrons. The van der Waals surface area contributed by atoms with Gasteiger partial charge in [-0.05, 0) is 54.1 Å². The third-order valence-corrected chi connectivity index (χ3v) is 5.08. The quantitative estimate of drug-likeness (QED) is 0.271. The Kier molecular flexibility index (Phi) is 6.32. The van der Waals surface area contributed by atoms with Gasteiger partial charge in [-0.2, -0.15) is 5.10 Å². The summed E-state index contributed by atoms with van der Waals surface area (Å²) in [6.45, 7) is 0.256.